The number of hydrogen-bond donors (Lipinski definition) is 2. The molecule has 14 heavy (non-hydrogen) atoms. The summed E-state index contributed by atoms with van der Waals surface area (Å²) in [7, 11) is 0. The Kier molecular flexibility index (Phi) is 3.17. The lowest BCUT2D eigenvalue weighted by molar-refractivity contribution is 0.733. The van der Waals surface area contributed by atoms with Crippen molar-refractivity contribution < 1.29 is 1.43 Å². The molecular formula is C10H18N4. The van der Waals surface area contributed by atoms with Gasteiger partial charge in [0.05, 0.1) is 17.1 Å². The van der Waals surface area contributed by atoms with Crippen molar-refractivity contribution >= 4 is 11.4 Å². The summed E-state index contributed by atoms with van der Waals surface area (Å²) in [4.78, 5) is 8.02. The summed E-state index contributed by atoms with van der Waals surface area (Å²) in [5.41, 5.74) is 8.15. The highest BCUT2D eigenvalue weighted by molar-refractivity contribution is 6.02. The van der Waals surface area contributed by atoms with Gasteiger partial charge in [-0.05, 0) is 19.3 Å². The fourth-order valence-electron chi connectivity index (χ4n) is 1.14. The maximum Gasteiger partial charge on any atom is 0.116 e. The molecular weight excluding hydrogens is 176 g/mol. The maximum absolute atomic E-state index is 7.90. The van der Waals surface area contributed by atoms with Gasteiger partial charge in [-0.3, -0.25) is 0 Å². The van der Waals surface area contributed by atoms with Crippen LogP contribution in [0.4, 0.5) is 5.69 Å². The number of anilines is 1. The first-order valence-electron chi connectivity index (χ1n) is 4.73. The van der Waals surface area contributed by atoms with Crippen molar-refractivity contribution in [2.75, 3.05) is 5.73 Å². The minimum atomic E-state index is 0. The average molecular weight is 194 g/mol. The van der Waals surface area contributed by atoms with E-state index in [9.17, 15) is 0 Å². The predicted molar refractivity (Wildman–Crippen MR) is 59.6 cm³/mol. The summed E-state index contributed by atoms with van der Waals surface area (Å²) in [5, 5.41) is 7.90. The molecule has 0 aliphatic heterocycles. The standard InChI is InChI=1S/C10H16N4.H2/c1-4-6(2)8(11)10-9(12)7(3)13-5-14-10;/h5-6,11H,4,12H2,1-3H3;1H. The Bertz CT molecular complexity index is 351. The Labute approximate surface area is 85.6 Å². The first-order chi connectivity index (χ1) is 6.57. The molecule has 4 nitrogen and oxygen atoms in total. The molecule has 0 aromatic carbocycles. The molecule has 1 rings (SSSR count). The number of nitrogen functional groups attached to an aromatic ring is 1. The number of nitrogens with one attached hydrogen (secondary N) is 1. The molecule has 0 fully saturated rings. The van der Waals surface area contributed by atoms with E-state index in [0.29, 0.717) is 17.1 Å². The van der Waals surface area contributed by atoms with Crippen LogP contribution in [-0.2, 0) is 0 Å². The third-order valence-electron chi connectivity index (χ3n) is 2.44. The molecule has 1 atom stereocenters. The predicted octanol–water partition coefficient (Wildman–Crippen LogP) is 2.03. The third kappa shape index (κ3) is 1.89. The molecule has 0 aliphatic carbocycles. The van der Waals surface area contributed by atoms with Gasteiger partial charge in [0, 0.05) is 1.43 Å². The minimum Gasteiger partial charge on any atom is -0.395 e. The molecule has 4 heteroatoms. The zero-order valence-electron chi connectivity index (χ0n) is 8.83. The van der Waals surface area contributed by atoms with E-state index in [1.54, 1.807) is 0 Å². The molecule has 0 radical (unpaired) electrons. The van der Waals surface area contributed by atoms with Crippen LogP contribution in [0.25, 0.3) is 0 Å². The SMILES string of the molecule is CCC(C)C(=N)c1ncnc(C)c1N.[HH]. The quantitative estimate of drug-likeness (QED) is 0.723. The molecule has 1 aromatic rings. The van der Waals surface area contributed by atoms with Crippen LogP contribution in [-0.4, -0.2) is 15.7 Å². The van der Waals surface area contributed by atoms with Gasteiger partial charge in [-0.2, -0.15) is 0 Å². The van der Waals surface area contributed by atoms with Gasteiger partial charge in [-0.1, -0.05) is 13.8 Å². The summed E-state index contributed by atoms with van der Waals surface area (Å²) < 4.78 is 0. The minimum absolute atomic E-state index is 0. The van der Waals surface area contributed by atoms with Gasteiger partial charge < -0.3 is 11.1 Å². The number of nitrogens with two attached hydrogens (primary N) is 1. The normalized spacial score (nSPS) is 12.5. The monoisotopic (exact) mass is 194 g/mol. The van der Waals surface area contributed by atoms with E-state index in [4.69, 9.17) is 11.1 Å². The number of rotatable bonds is 3. The van der Waals surface area contributed by atoms with E-state index in [-0.39, 0.29) is 7.34 Å². The smallest absolute Gasteiger partial charge is 0.116 e. The summed E-state index contributed by atoms with van der Waals surface area (Å²) in [6.45, 7) is 5.87. The van der Waals surface area contributed by atoms with E-state index in [2.05, 4.69) is 9.97 Å². The molecule has 1 unspecified atom stereocenters. The third-order valence-corrected chi connectivity index (χ3v) is 2.44. The molecule has 0 spiro atoms. The molecule has 0 saturated heterocycles. The lowest BCUT2D eigenvalue weighted by Crippen LogP contribution is -2.15. The zero-order chi connectivity index (χ0) is 10.7. The van der Waals surface area contributed by atoms with Crippen LogP contribution >= 0.6 is 0 Å². The van der Waals surface area contributed by atoms with Crippen LogP contribution in [0, 0.1) is 18.3 Å². The Hall–Kier alpha value is -1.45. The fraction of sp³-hybridized carbons (Fsp3) is 0.500. The van der Waals surface area contributed by atoms with Crippen LogP contribution in [0.1, 0.15) is 33.1 Å². The molecule has 0 bridgehead atoms. The van der Waals surface area contributed by atoms with Crippen molar-refractivity contribution in [3.05, 3.63) is 17.7 Å². The number of hydrogen-bond acceptors (Lipinski definition) is 4. The molecule has 0 aliphatic rings. The average Bonchev–Trinajstić information content (AvgIpc) is 2.20. The van der Waals surface area contributed by atoms with Crippen LogP contribution in [0.15, 0.2) is 6.33 Å². The number of aryl methyl sites for hydroxylation is 1. The van der Waals surface area contributed by atoms with Crippen LogP contribution in [0.5, 0.6) is 0 Å². The maximum atomic E-state index is 7.90. The van der Waals surface area contributed by atoms with Gasteiger partial charge >= 0.3 is 0 Å². The van der Waals surface area contributed by atoms with Gasteiger partial charge in [0.1, 0.15) is 12.0 Å². The van der Waals surface area contributed by atoms with E-state index in [1.807, 2.05) is 20.8 Å². The van der Waals surface area contributed by atoms with E-state index in [0.717, 1.165) is 12.1 Å². The summed E-state index contributed by atoms with van der Waals surface area (Å²) in [5.74, 6) is 0.187. The Balaban J connectivity index is 0.00000196. The molecule has 0 saturated carbocycles. The second kappa shape index (κ2) is 4.17. The van der Waals surface area contributed by atoms with Crippen LogP contribution < -0.4 is 5.73 Å². The molecule has 0 amide bonds. The first-order valence-corrected chi connectivity index (χ1v) is 4.73. The van der Waals surface area contributed by atoms with E-state index >= 15 is 0 Å². The van der Waals surface area contributed by atoms with Crippen molar-refractivity contribution in [3.8, 4) is 0 Å². The molecule has 1 aromatic heterocycles. The van der Waals surface area contributed by atoms with Gasteiger partial charge in [-0.15, -0.1) is 0 Å². The van der Waals surface area contributed by atoms with Crippen LogP contribution in [0.3, 0.4) is 0 Å². The Morgan fingerprint density at radius 2 is 2.29 bits per heavy atom. The highest BCUT2D eigenvalue weighted by atomic mass is 14.9. The van der Waals surface area contributed by atoms with Crippen molar-refractivity contribution in [1.82, 2.24) is 9.97 Å². The fourth-order valence-corrected chi connectivity index (χ4v) is 1.14. The Morgan fingerprint density at radius 3 is 2.86 bits per heavy atom. The topological polar surface area (TPSA) is 75.7 Å². The molecule has 3 N–H and O–H groups in total. The lowest BCUT2D eigenvalue weighted by atomic mass is 9.99. The van der Waals surface area contributed by atoms with E-state index in [1.165, 1.54) is 6.33 Å². The number of aromatic nitrogens is 2. The summed E-state index contributed by atoms with van der Waals surface area (Å²) in [6, 6.07) is 0. The van der Waals surface area contributed by atoms with Gasteiger partial charge in [0.25, 0.3) is 0 Å². The summed E-state index contributed by atoms with van der Waals surface area (Å²) >= 11 is 0. The highest BCUT2D eigenvalue weighted by Crippen LogP contribution is 2.17. The van der Waals surface area contributed by atoms with Crippen molar-refractivity contribution in [2.45, 2.75) is 27.2 Å². The molecule has 1 heterocycles. The van der Waals surface area contributed by atoms with Crippen molar-refractivity contribution in [3.63, 3.8) is 0 Å². The van der Waals surface area contributed by atoms with Crippen molar-refractivity contribution in [2.24, 2.45) is 5.92 Å². The van der Waals surface area contributed by atoms with Crippen molar-refractivity contribution in [1.29, 1.82) is 5.41 Å². The van der Waals surface area contributed by atoms with Gasteiger partial charge in [0.2, 0.25) is 0 Å². The lowest BCUT2D eigenvalue weighted by Gasteiger charge is -2.12. The second-order valence-electron chi connectivity index (χ2n) is 3.44. The van der Waals surface area contributed by atoms with Gasteiger partial charge in [0.15, 0.2) is 0 Å². The largest absolute Gasteiger partial charge is 0.395 e. The highest BCUT2D eigenvalue weighted by Gasteiger charge is 2.14. The summed E-state index contributed by atoms with van der Waals surface area (Å²) in [6.07, 6.45) is 2.37. The Morgan fingerprint density at radius 1 is 1.64 bits per heavy atom. The van der Waals surface area contributed by atoms with Gasteiger partial charge in [-0.25, -0.2) is 9.97 Å². The first kappa shape index (κ1) is 10.6. The zero-order valence-corrected chi connectivity index (χ0v) is 8.83. The molecule has 78 valence electrons. The van der Waals surface area contributed by atoms with Crippen LogP contribution in [0.2, 0.25) is 0 Å². The second-order valence-corrected chi connectivity index (χ2v) is 3.44. The number of nitrogens with zero attached hydrogens (tertiary/aromatic N) is 2. The van der Waals surface area contributed by atoms with E-state index < -0.39 is 0 Å².